The monoisotopic (exact) mass is 299 g/mol. The molecule has 1 aliphatic heterocycles. The second-order valence-corrected chi connectivity index (χ2v) is 6.61. The van der Waals surface area contributed by atoms with Crippen LogP contribution in [0, 0.1) is 5.82 Å². The molecular weight excluding hydrogens is 281 g/mol. The van der Waals surface area contributed by atoms with Crippen molar-refractivity contribution in [2.45, 2.75) is 45.1 Å². The van der Waals surface area contributed by atoms with Gasteiger partial charge in [0.1, 0.15) is 5.82 Å². The van der Waals surface area contributed by atoms with E-state index in [1.807, 2.05) is 12.1 Å². The maximum atomic E-state index is 14.1. The highest BCUT2D eigenvalue weighted by Crippen LogP contribution is 2.34. The Balaban J connectivity index is 2.46. The molecule has 0 unspecified atom stereocenters. The third-order valence-electron chi connectivity index (χ3n) is 3.36. The van der Waals surface area contributed by atoms with Gasteiger partial charge in [0.05, 0.1) is 4.47 Å². The quantitative estimate of drug-likeness (QED) is 0.815. The van der Waals surface area contributed by atoms with E-state index in [0.717, 1.165) is 24.9 Å². The Morgan fingerprint density at radius 2 is 2.06 bits per heavy atom. The highest BCUT2D eigenvalue weighted by atomic mass is 79.9. The van der Waals surface area contributed by atoms with Crippen LogP contribution in [-0.4, -0.2) is 6.54 Å². The van der Waals surface area contributed by atoms with Gasteiger partial charge < -0.3 is 5.32 Å². The lowest BCUT2D eigenvalue weighted by atomic mass is 9.85. The molecule has 2 rings (SSSR count). The maximum absolute atomic E-state index is 14.1. The average Bonchev–Trinajstić information content (AvgIpc) is 2.73. The molecule has 0 aliphatic carbocycles. The summed E-state index contributed by atoms with van der Waals surface area (Å²) in [6, 6.07) is 4.09. The van der Waals surface area contributed by atoms with Gasteiger partial charge in [0.25, 0.3) is 0 Å². The van der Waals surface area contributed by atoms with E-state index in [1.165, 1.54) is 5.56 Å². The van der Waals surface area contributed by atoms with Crippen LogP contribution in [0.3, 0.4) is 0 Å². The van der Waals surface area contributed by atoms with E-state index in [9.17, 15) is 4.39 Å². The van der Waals surface area contributed by atoms with E-state index >= 15 is 0 Å². The van der Waals surface area contributed by atoms with Crippen LogP contribution in [0.4, 0.5) is 4.39 Å². The zero-order valence-electron chi connectivity index (χ0n) is 10.6. The Hall–Kier alpha value is -0.410. The summed E-state index contributed by atoms with van der Waals surface area (Å²) < 4.78 is 14.7. The third kappa shape index (κ3) is 2.71. The number of hydrogen-bond donors (Lipinski definition) is 1. The van der Waals surface area contributed by atoms with E-state index in [-0.39, 0.29) is 17.3 Å². The fraction of sp³-hybridized carbons (Fsp3) is 0.571. The zero-order valence-corrected chi connectivity index (χ0v) is 12.2. The summed E-state index contributed by atoms with van der Waals surface area (Å²) in [5.41, 5.74) is 2.03. The smallest absolute Gasteiger partial charge is 0.142 e. The van der Waals surface area contributed by atoms with Gasteiger partial charge in [-0.3, -0.25) is 0 Å². The van der Waals surface area contributed by atoms with Gasteiger partial charge in [0.2, 0.25) is 0 Å². The minimum atomic E-state index is -0.114. The van der Waals surface area contributed by atoms with Gasteiger partial charge in [-0.25, -0.2) is 4.39 Å². The molecule has 1 aliphatic rings. The summed E-state index contributed by atoms with van der Waals surface area (Å²) in [5, 5.41) is 3.36. The van der Waals surface area contributed by atoms with Crippen molar-refractivity contribution in [2.24, 2.45) is 0 Å². The molecule has 1 N–H and O–H groups in total. The normalized spacial score (nSPS) is 20.9. The molecule has 0 bridgehead atoms. The van der Waals surface area contributed by atoms with Crippen LogP contribution >= 0.6 is 15.9 Å². The topological polar surface area (TPSA) is 12.0 Å². The number of benzene rings is 1. The number of rotatable bonds is 1. The summed E-state index contributed by atoms with van der Waals surface area (Å²) in [5.74, 6) is -0.114. The van der Waals surface area contributed by atoms with E-state index in [4.69, 9.17) is 0 Å². The molecule has 1 heterocycles. The molecule has 0 spiro atoms. The molecule has 1 fully saturated rings. The highest BCUT2D eigenvalue weighted by Gasteiger charge is 2.24. The molecule has 3 heteroatoms. The molecule has 0 amide bonds. The van der Waals surface area contributed by atoms with Crippen LogP contribution in [0.15, 0.2) is 16.6 Å². The van der Waals surface area contributed by atoms with Crippen molar-refractivity contribution < 1.29 is 4.39 Å². The molecule has 1 aromatic carbocycles. The molecule has 94 valence electrons. The number of nitrogens with one attached hydrogen (secondary N) is 1. The molecule has 0 radical (unpaired) electrons. The molecule has 1 saturated heterocycles. The second kappa shape index (κ2) is 4.69. The number of hydrogen-bond acceptors (Lipinski definition) is 1. The lowest BCUT2D eigenvalue weighted by Gasteiger charge is -2.22. The largest absolute Gasteiger partial charge is 0.310 e. The third-order valence-corrected chi connectivity index (χ3v) is 3.94. The molecular formula is C14H19BrFN. The number of halogens is 2. The lowest BCUT2D eigenvalue weighted by Crippen LogP contribution is -2.17. The van der Waals surface area contributed by atoms with Crippen molar-refractivity contribution in [1.29, 1.82) is 0 Å². The fourth-order valence-electron chi connectivity index (χ4n) is 2.25. The first-order chi connectivity index (χ1) is 7.89. The summed E-state index contributed by atoms with van der Waals surface area (Å²) in [6.07, 6.45) is 2.15. The van der Waals surface area contributed by atoms with Gasteiger partial charge in [-0.15, -0.1) is 0 Å². The van der Waals surface area contributed by atoms with Crippen LogP contribution in [0.25, 0.3) is 0 Å². The Labute approximate surface area is 111 Å². The zero-order chi connectivity index (χ0) is 12.6. The second-order valence-electron chi connectivity index (χ2n) is 5.76. The molecule has 0 saturated carbocycles. The maximum Gasteiger partial charge on any atom is 0.142 e. The van der Waals surface area contributed by atoms with E-state index < -0.39 is 0 Å². The van der Waals surface area contributed by atoms with Crippen molar-refractivity contribution in [1.82, 2.24) is 5.32 Å². The van der Waals surface area contributed by atoms with Crippen molar-refractivity contribution >= 4 is 15.9 Å². The predicted octanol–water partition coefficient (Wildman–Crippen LogP) is 4.31. The summed E-state index contributed by atoms with van der Waals surface area (Å²) >= 11 is 3.33. The van der Waals surface area contributed by atoms with Crippen LogP contribution in [0.2, 0.25) is 0 Å². The van der Waals surface area contributed by atoms with Gasteiger partial charge >= 0.3 is 0 Å². The van der Waals surface area contributed by atoms with Crippen molar-refractivity contribution in [3.05, 3.63) is 33.5 Å². The minimum Gasteiger partial charge on any atom is -0.310 e. The fourth-order valence-corrected chi connectivity index (χ4v) is 2.72. The highest BCUT2D eigenvalue weighted by molar-refractivity contribution is 9.10. The lowest BCUT2D eigenvalue weighted by molar-refractivity contribution is 0.541. The first kappa shape index (κ1) is 13.0. The summed E-state index contributed by atoms with van der Waals surface area (Å²) in [4.78, 5) is 0. The van der Waals surface area contributed by atoms with E-state index in [1.54, 1.807) is 0 Å². The molecule has 0 aromatic heterocycles. The van der Waals surface area contributed by atoms with Crippen LogP contribution < -0.4 is 5.32 Å². The summed E-state index contributed by atoms with van der Waals surface area (Å²) in [7, 11) is 0. The van der Waals surface area contributed by atoms with Crippen LogP contribution in [-0.2, 0) is 5.41 Å². The van der Waals surface area contributed by atoms with Crippen LogP contribution in [0.1, 0.15) is 50.8 Å². The Morgan fingerprint density at radius 1 is 1.35 bits per heavy atom. The van der Waals surface area contributed by atoms with Gasteiger partial charge in [0.15, 0.2) is 0 Å². The Kier molecular flexibility index (Phi) is 3.60. The van der Waals surface area contributed by atoms with Gasteiger partial charge in [-0.2, -0.15) is 0 Å². The molecule has 1 nitrogen and oxygen atoms in total. The predicted molar refractivity (Wildman–Crippen MR) is 72.8 cm³/mol. The summed E-state index contributed by atoms with van der Waals surface area (Å²) in [6.45, 7) is 7.44. The Morgan fingerprint density at radius 3 is 2.59 bits per heavy atom. The van der Waals surface area contributed by atoms with Crippen molar-refractivity contribution in [3.63, 3.8) is 0 Å². The Bertz CT molecular complexity index is 417. The minimum absolute atomic E-state index is 0.0452. The van der Waals surface area contributed by atoms with Gasteiger partial charge in [-0.1, -0.05) is 26.8 Å². The van der Waals surface area contributed by atoms with Gasteiger partial charge in [-0.05, 0) is 52.4 Å². The molecule has 1 aromatic rings. The van der Waals surface area contributed by atoms with Gasteiger partial charge in [0, 0.05) is 11.6 Å². The van der Waals surface area contributed by atoms with E-state index in [2.05, 4.69) is 42.0 Å². The van der Waals surface area contributed by atoms with Crippen LogP contribution in [0.5, 0.6) is 0 Å². The van der Waals surface area contributed by atoms with Crippen molar-refractivity contribution in [3.8, 4) is 0 Å². The standard InChI is InChI=1S/C14H19BrFN/c1-14(2,3)9-7-10(12-5-4-6-17-12)13(16)11(15)8-9/h7-8,12,17H,4-6H2,1-3H3/t12-/m0/s1. The average molecular weight is 300 g/mol. The SMILES string of the molecule is CC(C)(C)c1cc(Br)c(F)c([C@@H]2CCCN2)c1. The molecule has 1 atom stereocenters. The van der Waals surface area contributed by atoms with Crippen molar-refractivity contribution in [2.75, 3.05) is 6.54 Å². The van der Waals surface area contributed by atoms with E-state index in [0.29, 0.717) is 4.47 Å². The first-order valence-corrected chi connectivity index (χ1v) is 6.91. The first-order valence-electron chi connectivity index (χ1n) is 6.12. The molecule has 17 heavy (non-hydrogen) atoms.